The first-order valence-corrected chi connectivity index (χ1v) is 9.02. The molecule has 2 aromatic heterocycles. The molecule has 0 unspecified atom stereocenters. The number of fused-ring (bicyclic) bond motifs is 1. The van der Waals surface area contributed by atoms with E-state index in [4.69, 9.17) is 4.42 Å². The van der Waals surface area contributed by atoms with Crippen LogP contribution in [0, 0.1) is 0 Å². The molecule has 0 aliphatic rings. The third kappa shape index (κ3) is 3.37. The molecule has 5 nitrogen and oxygen atoms in total. The van der Waals surface area contributed by atoms with Crippen molar-refractivity contribution in [2.75, 3.05) is 6.54 Å². The number of furan rings is 1. The van der Waals surface area contributed by atoms with E-state index < -0.39 is 6.10 Å². The van der Waals surface area contributed by atoms with Gasteiger partial charge in [-0.05, 0) is 35.9 Å². The fourth-order valence-corrected chi connectivity index (χ4v) is 3.43. The Morgan fingerprint density at radius 3 is 2.81 bits per heavy atom. The first-order valence-electron chi connectivity index (χ1n) is 8.14. The van der Waals surface area contributed by atoms with Crippen LogP contribution in [0.25, 0.3) is 21.5 Å². The van der Waals surface area contributed by atoms with E-state index in [1.54, 1.807) is 17.8 Å². The van der Waals surface area contributed by atoms with Gasteiger partial charge in [0.2, 0.25) is 0 Å². The number of carbonyl (C=O) groups excluding carboxylic acids is 1. The van der Waals surface area contributed by atoms with Crippen molar-refractivity contribution in [2.24, 2.45) is 0 Å². The van der Waals surface area contributed by atoms with Gasteiger partial charge in [0.15, 0.2) is 0 Å². The highest BCUT2D eigenvalue weighted by molar-refractivity contribution is 7.16. The number of rotatable bonds is 5. The molecule has 1 amide bonds. The number of amides is 1. The Hall–Kier alpha value is -2.96. The number of hydrogen-bond donors (Lipinski definition) is 2. The van der Waals surface area contributed by atoms with Crippen LogP contribution in [0.3, 0.4) is 0 Å². The Labute approximate surface area is 153 Å². The van der Waals surface area contributed by atoms with E-state index in [-0.39, 0.29) is 12.5 Å². The summed E-state index contributed by atoms with van der Waals surface area (Å²) >= 11 is 1.49. The van der Waals surface area contributed by atoms with Gasteiger partial charge in [0.05, 0.1) is 28.1 Å². The first-order chi connectivity index (χ1) is 12.7. The van der Waals surface area contributed by atoms with E-state index in [2.05, 4.69) is 10.3 Å². The Bertz CT molecular complexity index is 1020. The van der Waals surface area contributed by atoms with E-state index in [1.807, 2.05) is 48.5 Å². The van der Waals surface area contributed by atoms with Crippen molar-refractivity contribution >= 4 is 27.5 Å². The summed E-state index contributed by atoms with van der Waals surface area (Å²) in [6.07, 6.45) is 0.841. The van der Waals surface area contributed by atoms with Crippen LogP contribution < -0.4 is 5.32 Å². The first kappa shape index (κ1) is 16.5. The Kier molecular flexibility index (Phi) is 4.51. The monoisotopic (exact) mass is 364 g/mol. The zero-order valence-corrected chi connectivity index (χ0v) is 14.6. The molecule has 1 atom stereocenters. The normalized spacial score (nSPS) is 12.2. The molecule has 2 heterocycles. The van der Waals surface area contributed by atoms with Crippen LogP contribution in [0.15, 0.2) is 70.8 Å². The summed E-state index contributed by atoms with van der Waals surface area (Å²) in [7, 11) is 0. The van der Waals surface area contributed by atoms with Gasteiger partial charge >= 0.3 is 0 Å². The minimum atomic E-state index is -0.781. The Morgan fingerprint density at radius 2 is 2.04 bits per heavy atom. The third-order valence-electron chi connectivity index (χ3n) is 4.15. The lowest BCUT2D eigenvalue weighted by Gasteiger charge is -2.13. The predicted octanol–water partition coefficient (Wildman–Crippen LogP) is 4.02. The van der Waals surface area contributed by atoms with E-state index >= 15 is 0 Å². The molecule has 4 aromatic rings. The standard InChI is InChI=1S/C20H16N2O3S/c23-17(13-3-5-14(6-4-13)18-2-1-9-25-18)11-21-20(24)15-7-8-16-19(10-15)26-12-22-16/h1-10,12,17,23H,11H2,(H,21,24)/t17-/m0/s1. The molecule has 26 heavy (non-hydrogen) atoms. The van der Waals surface area contributed by atoms with Crippen molar-refractivity contribution in [1.82, 2.24) is 10.3 Å². The van der Waals surface area contributed by atoms with Crippen LogP contribution in [0.1, 0.15) is 22.0 Å². The van der Waals surface area contributed by atoms with Crippen LogP contribution in [0.2, 0.25) is 0 Å². The maximum Gasteiger partial charge on any atom is 0.251 e. The summed E-state index contributed by atoms with van der Waals surface area (Å²) in [5.74, 6) is 0.560. The fourth-order valence-electron chi connectivity index (χ4n) is 2.72. The second-order valence-electron chi connectivity index (χ2n) is 5.86. The van der Waals surface area contributed by atoms with Gasteiger partial charge in [-0.3, -0.25) is 4.79 Å². The molecule has 0 radical (unpaired) electrons. The van der Waals surface area contributed by atoms with Crippen molar-refractivity contribution in [2.45, 2.75) is 6.10 Å². The van der Waals surface area contributed by atoms with Crippen molar-refractivity contribution in [3.63, 3.8) is 0 Å². The van der Waals surface area contributed by atoms with Gasteiger partial charge in [-0.1, -0.05) is 24.3 Å². The quantitative estimate of drug-likeness (QED) is 0.561. The molecular formula is C20H16N2O3S. The van der Waals surface area contributed by atoms with Gasteiger partial charge in [0.1, 0.15) is 5.76 Å². The summed E-state index contributed by atoms with van der Waals surface area (Å²) in [4.78, 5) is 16.5. The maximum atomic E-state index is 12.3. The van der Waals surface area contributed by atoms with Crippen LogP contribution in [0.4, 0.5) is 0 Å². The van der Waals surface area contributed by atoms with E-state index in [0.29, 0.717) is 5.56 Å². The highest BCUT2D eigenvalue weighted by Gasteiger charge is 2.12. The van der Waals surface area contributed by atoms with Gasteiger partial charge < -0.3 is 14.8 Å². The zero-order chi connectivity index (χ0) is 17.9. The number of thiazole rings is 1. The SMILES string of the molecule is O=C(NC[C@H](O)c1ccc(-c2ccco2)cc1)c1ccc2ncsc2c1. The van der Waals surface area contributed by atoms with Crippen LogP contribution >= 0.6 is 11.3 Å². The molecule has 0 spiro atoms. The summed E-state index contributed by atoms with van der Waals surface area (Å²) < 4.78 is 6.31. The summed E-state index contributed by atoms with van der Waals surface area (Å²) in [5, 5.41) is 13.1. The van der Waals surface area contributed by atoms with E-state index in [9.17, 15) is 9.90 Å². The van der Waals surface area contributed by atoms with Gasteiger partial charge in [0, 0.05) is 17.7 Å². The molecule has 0 fully saturated rings. The number of benzene rings is 2. The molecule has 0 saturated heterocycles. The number of nitrogens with one attached hydrogen (secondary N) is 1. The average molecular weight is 364 g/mol. The Balaban J connectivity index is 1.39. The largest absolute Gasteiger partial charge is 0.464 e. The Morgan fingerprint density at radius 1 is 1.19 bits per heavy atom. The molecular weight excluding hydrogens is 348 g/mol. The second kappa shape index (κ2) is 7.11. The summed E-state index contributed by atoms with van der Waals surface area (Å²) in [6.45, 7) is 0.139. The minimum absolute atomic E-state index is 0.139. The van der Waals surface area contributed by atoms with Crippen LogP contribution in [0.5, 0.6) is 0 Å². The topological polar surface area (TPSA) is 75.4 Å². The minimum Gasteiger partial charge on any atom is -0.464 e. The summed E-state index contributed by atoms with van der Waals surface area (Å²) in [6, 6.07) is 16.5. The zero-order valence-electron chi connectivity index (χ0n) is 13.8. The van der Waals surface area contributed by atoms with Crippen molar-refractivity contribution in [3.8, 4) is 11.3 Å². The fraction of sp³-hybridized carbons (Fsp3) is 0.100. The number of carbonyl (C=O) groups is 1. The molecule has 0 aliphatic carbocycles. The molecule has 130 valence electrons. The number of hydrogen-bond acceptors (Lipinski definition) is 5. The van der Waals surface area contributed by atoms with Crippen molar-refractivity contribution in [1.29, 1.82) is 0 Å². The molecule has 0 aliphatic heterocycles. The molecule has 6 heteroatoms. The van der Waals surface area contributed by atoms with Gasteiger partial charge in [-0.25, -0.2) is 4.98 Å². The molecule has 4 rings (SSSR count). The highest BCUT2D eigenvalue weighted by atomic mass is 32.1. The second-order valence-corrected chi connectivity index (χ2v) is 6.75. The maximum absolute atomic E-state index is 12.3. The van der Waals surface area contributed by atoms with Crippen LogP contribution in [-0.4, -0.2) is 22.5 Å². The lowest BCUT2D eigenvalue weighted by atomic mass is 10.1. The van der Waals surface area contributed by atoms with Gasteiger partial charge in [-0.15, -0.1) is 11.3 Å². The number of aliphatic hydroxyl groups excluding tert-OH is 1. The number of aliphatic hydroxyl groups is 1. The van der Waals surface area contributed by atoms with Crippen molar-refractivity contribution < 1.29 is 14.3 Å². The van der Waals surface area contributed by atoms with Crippen LogP contribution in [-0.2, 0) is 0 Å². The third-order valence-corrected chi connectivity index (χ3v) is 4.94. The lowest BCUT2D eigenvalue weighted by molar-refractivity contribution is 0.0916. The highest BCUT2D eigenvalue weighted by Crippen LogP contribution is 2.22. The molecule has 2 aromatic carbocycles. The molecule has 0 saturated carbocycles. The summed E-state index contributed by atoms with van der Waals surface area (Å²) in [5.41, 5.74) is 4.86. The van der Waals surface area contributed by atoms with E-state index in [0.717, 1.165) is 27.1 Å². The predicted molar refractivity (Wildman–Crippen MR) is 101 cm³/mol. The number of nitrogens with zero attached hydrogens (tertiary/aromatic N) is 1. The van der Waals surface area contributed by atoms with Gasteiger partial charge in [-0.2, -0.15) is 0 Å². The molecule has 0 bridgehead atoms. The smallest absolute Gasteiger partial charge is 0.251 e. The van der Waals surface area contributed by atoms with Crippen molar-refractivity contribution in [3.05, 3.63) is 77.5 Å². The van der Waals surface area contributed by atoms with Gasteiger partial charge in [0.25, 0.3) is 5.91 Å². The molecule has 2 N–H and O–H groups in total. The van der Waals surface area contributed by atoms with E-state index in [1.165, 1.54) is 11.3 Å². The average Bonchev–Trinajstić information content (AvgIpc) is 3.37. The lowest BCUT2D eigenvalue weighted by Crippen LogP contribution is -2.28. The number of aromatic nitrogens is 1.